The van der Waals surface area contributed by atoms with E-state index in [2.05, 4.69) is 20.8 Å². The van der Waals surface area contributed by atoms with Crippen LogP contribution in [0.1, 0.15) is 26.3 Å². The topological polar surface area (TPSA) is 9.23 Å². The predicted molar refractivity (Wildman–Crippen MR) is 76.6 cm³/mol. The number of halogens is 2. The van der Waals surface area contributed by atoms with Gasteiger partial charge in [-0.05, 0) is 35.2 Å². The van der Waals surface area contributed by atoms with Crippen molar-refractivity contribution >= 4 is 11.6 Å². The Hall–Kier alpha value is -1.54. The van der Waals surface area contributed by atoms with E-state index in [9.17, 15) is 4.39 Å². The Kier molecular flexibility index (Phi) is 3.81. The van der Waals surface area contributed by atoms with Crippen LogP contribution in [0.4, 0.5) is 4.39 Å². The summed E-state index contributed by atoms with van der Waals surface area (Å²) in [7, 11) is 0. The number of ether oxygens (including phenoxy) is 1. The van der Waals surface area contributed by atoms with Crippen LogP contribution < -0.4 is 4.74 Å². The summed E-state index contributed by atoms with van der Waals surface area (Å²) in [5.41, 5.74) is 1.00. The highest BCUT2D eigenvalue weighted by Crippen LogP contribution is 2.33. The van der Waals surface area contributed by atoms with Gasteiger partial charge in [0, 0.05) is 5.02 Å². The van der Waals surface area contributed by atoms with E-state index in [1.165, 1.54) is 6.07 Å². The predicted octanol–water partition coefficient (Wildman–Crippen LogP) is 5.57. The van der Waals surface area contributed by atoms with E-state index < -0.39 is 5.82 Å². The Balaban J connectivity index is 2.29. The van der Waals surface area contributed by atoms with Crippen molar-refractivity contribution in [3.05, 3.63) is 58.9 Å². The Morgan fingerprint density at radius 3 is 2.32 bits per heavy atom. The molecular formula is C16H16ClFO. The summed E-state index contributed by atoms with van der Waals surface area (Å²) in [6.07, 6.45) is 0. The quantitative estimate of drug-likeness (QED) is 0.698. The van der Waals surface area contributed by atoms with Crippen LogP contribution in [0, 0.1) is 5.82 Å². The molecule has 2 aromatic carbocycles. The molecular weight excluding hydrogens is 263 g/mol. The summed E-state index contributed by atoms with van der Waals surface area (Å²) in [6.45, 7) is 6.27. The van der Waals surface area contributed by atoms with Gasteiger partial charge in [0.05, 0.1) is 0 Å². The van der Waals surface area contributed by atoms with Crippen molar-refractivity contribution in [3.63, 3.8) is 0 Å². The molecule has 0 saturated heterocycles. The van der Waals surface area contributed by atoms with Crippen molar-refractivity contribution in [2.45, 2.75) is 26.2 Å². The highest BCUT2D eigenvalue weighted by Gasteiger charge is 2.17. The van der Waals surface area contributed by atoms with Gasteiger partial charge in [-0.3, -0.25) is 0 Å². The zero-order chi connectivity index (χ0) is 14.0. The van der Waals surface area contributed by atoms with Crippen LogP contribution in [-0.2, 0) is 5.41 Å². The minimum Gasteiger partial charge on any atom is -0.454 e. The Morgan fingerprint density at radius 2 is 1.74 bits per heavy atom. The second kappa shape index (κ2) is 5.22. The van der Waals surface area contributed by atoms with Gasteiger partial charge in [-0.1, -0.05) is 50.6 Å². The molecule has 0 aliphatic heterocycles. The molecule has 0 amide bonds. The van der Waals surface area contributed by atoms with E-state index >= 15 is 0 Å². The third-order valence-electron chi connectivity index (χ3n) is 2.81. The van der Waals surface area contributed by atoms with Gasteiger partial charge in [0.15, 0.2) is 11.6 Å². The first-order chi connectivity index (χ1) is 8.88. The summed E-state index contributed by atoms with van der Waals surface area (Å²) in [5, 5.41) is 0.626. The Morgan fingerprint density at radius 1 is 1.05 bits per heavy atom. The van der Waals surface area contributed by atoms with Gasteiger partial charge >= 0.3 is 0 Å². The van der Waals surface area contributed by atoms with Crippen LogP contribution in [0.3, 0.4) is 0 Å². The number of hydrogen-bond donors (Lipinski definition) is 0. The standard InChI is InChI=1S/C16H16ClFO/c1-16(2,3)12-9-8-11(10-13(12)17)19-15-7-5-4-6-14(15)18/h4-10H,1-3H3. The fraction of sp³-hybridized carbons (Fsp3) is 0.250. The number of benzene rings is 2. The van der Waals surface area contributed by atoms with Gasteiger partial charge in [-0.25, -0.2) is 4.39 Å². The third kappa shape index (κ3) is 3.27. The second-order valence-electron chi connectivity index (χ2n) is 5.42. The van der Waals surface area contributed by atoms with E-state index in [0.717, 1.165) is 5.56 Å². The summed E-state index contributed by atoms with van der Waals surface area (Å²) in [4.78, 5) is 0. The Labute approximate surface area is 118 Å². The highest BCUT2D eigenvalue weighted by atomic mass is 35.5. The van der Waals surface area contributed by atoms with E-state index in [1.807, 2.05) is 6.07 Å². The maximum atomic E-state index is 13.5. The fourth-order valence-corrected chi connectivity index (χ4v) is 2.28. The average Bonchev–Trinajstić information content (AvgIpc) is 2.30. The van der Waals surface area contributed by atoms with Gasteiger partial charge in [-0.2, -0.15) is 0 Å². The Bertz CT molecular complexity index is 588. The second-order valence-corrected chi connectivity index (χ2v) is 5.83. The molecule has 0 spiro atoms. The van der Waals surface area contributed by atoms with Crippen molar-refractivity contribution in [1.82, 2.24) is 0 Å². The molecule has 0 bridgehead atoms. The van der Waals surface area contributed by atoms with Gasteiger partial charge in [0.25, 0.3) is 0 Å². The maximum Gasteiger partial charge on any atom is 0.165 e. The molecule has 0 N–H and O–H groups in total. The van der Waals surface area contributed by atoms with E-state index in [0.29, 0.717) is 10.8 Å². The first-order valence-corrected chi connectivity index (χ1v) is 6.48. The van der Waals surface area contributed by atoms with Crippen LogP contribution in [0.25, 0.3) is 0 Å². The minimum absolute atomic E-state index is 0.0341. The molecule has 0 saturated carbocycles. The SMILES string of the molecule is CC(C)(C)c1ccc(Oc2ccccc2F)cc1Cl. The third-order valence-corrected chi connectivity index (χ3v) is 3.13. The van der Waals surface area contributed by atoms with Crippen LogP contribution in [0.15, 0.2) is 42.5 Å². The maximum absolute atomic E-state index is 13.5. The molecule has 0 heterocycles. The van der Waals surface area contributed by atoms with Crippen molar-refractivity contribution < 1.29 is 9.13 Å². The number of hydrogen-bond acceptors (Lipinski definition) is 1. The molecule has 0 atom stereocenters. The number of rotatable bonds is 2. The molecule has 19 heavy (non-hydrogen) atoms. The molecule has 0 aliphatic carbocycles. The minimum atomic E-state index is -0.390. The van der Waals surface area contributed by atoms with Gasteiger partial charge < -0.3 is 4.74 Å². The van der Waals surface area contributed by atoms with Crippen LogP contribution in [-0.4, -0.2) is 0 Å². The molecule has 0 aliphatic rings. The highest BCUT2D eigenvalue weighted by molar-refractivity contribution is 6.31. The summed E-state index contributed by atoms with van der Waals surface area (Å²) in [6, 6.07) is 11.7. The van der Waals surface area contributed by atoms with E-state index in [4.69, 9.17) is 16.3 Å². The number of para-hydroxylation sites is 1. The van der Waals surface area contributed by atoms with Crippen molar-refractivity contribution in [2.75, 3.05) is 0 Å². The lowest BCUT2D eigenvalue weighted by atomic mass is 9.87. The molecule has 0 fully saturated rings. The first-order valence-electron chi connectivity index (χ1n) is 6.10. The zero-order valence-electron chi connectivity index (χ0n) is 11.2. The zero-order valence-corrected chi connectivity index (χ0v) is 12.0. The molecule has 0 unspecified atom stereocenters. The van der Waals surface area contributed by atoms with Gasteiger partial charge in [0.1, 0.15) is 5.75 Å². The van der Waals surface area contributed by atoms with E-state index in [-0.39, 0.29) is 11.2 Å². The molecule has 0 radical (unpaired) electrons. The lowest BCUT2D eigenvalue weighted by molar-refractivity contribution is 0.441. The smallest absolute Gasteiger partial charge is 0.165 e. The molecule has 2 rings (SSSR count). The van der Waals surface area contributed by atoms with Gasteiger partial charge in [0.2, 0.25) is 0 Å². The lowest BCUT2D eigenvalue weighted by Gasteiger charge is -2.21. The molecule has 1 nitrogen and oxygen atoms in total. The summed E-state index contributed by atoms with van der Waals surface area (Å²) in [5.74, 6) is 0.337. The summed E-state index contributed by atoms with van der Waals surface area (Å²) >= 11 is 6.25. The lowest BCUT2D eigenvalue weighted by Crippen LogP contribution is -2.11. The first kappa shape index (κ1) is 13.9. The fourth-order valence-electron chi connectivity index (χ4n) is 1.82. The molecule has 3 heteroatoms. The van der Waals surface area contributed by atoms with Crippen LogP contribution in [0.2, 0.25) is 5.02 Å². The van der Waals surface area contributed by atoms with Crippen molar-refractivity contribution in [1.29, 1.82) is 0 Å². The largest absolute Gasteiger partial charge is 0.454 e. The molecule has 0 aromatic heterocycles. The normalized spacial score (nSPS) is 11.4. The van der Waals surface area contributed by atoms with Gasteiger partial charge in [-0.15, -0.1) is 0 Å². The van der Waals surface area contributed by atoms with Crippen molar-refractivity contribution in [3.8, 4) is 11.5 Å². The average molecular weight is 279 g/mol. The monoisotopic (exact) mass is 278 g/mol. The van der Waals surface area contributed by atoms with Crippen LogP contribution >= 0.6 is 11.6 Å². The molecule has 2 aromatic rings. The summed E-state index contributed by atoms with van der Waals surface area (Å²) < 4.78 is 19.0. The molecule has 100 valence electrons. The van der Waals surface area contributed by atoms with E-state index in [1.54, 1.807) is 30.3 Å². The van der Waals surface area contributed by atoms with Crippen molar-refractivity contribution in [2.24, 2.45) is 0 Å². The van der Waals surface area contributed by atoms with Crippen LogP contribution in [0.5, 0.6) is 11.5 Å².